The average molecular weight is 380 g/mol. The lowest BCUT2D eigenvalue weighted by Gasteiger charge is -2.20. The average Bonchev–Trinajstić information content (AvgIpc) is 3.03. The van der Waals surface area contributed by atoms with Gasteiger partial charge in [0.15, 0.2) is 0 Å². The van der Waals surface area contributed by atoms with Crippen molar-refractivity contribution in [2.24, 2.45) is 0 Å². The second-order valence-electron chi connectivity index (χ2n) is 5.90. The Morgan fingerprint density at radius 1 is 1.22 bits per heavy atom. The number of urea groups is 1. The number of methoxy groups -OCH3 is 1. The first-order valence-corrected chi connectivity index (χ1v) is 7.90. The van der Waals surface area contributed by atoms with E-state index in [1.165, 1.54) is 35.2 Å². The van der Waals surface area contributed by atoms with Crippen LogP contribution < -0.4 is 15.0 Å². The molecule has 1 aliphatic rings. The van der Waals surface area contributed by atoms with Gasteiger partial charge in [0.25, 0.3) is 0 Å². The van der Waals surface area contributed by atoms with E-state index >= 15 is 0 Å². The molecular formula is C18H15F3N2O4. The summed E-state index contributed by atoms with van der Waals surface area (Å²) in [7, 11) is 1.16. The highest BCUT2D eigenvalue weighted by Crippen LogP contribution is 2.42. The molecule has 2 N–H and O–H groups in total. The molecule has 0 bridgehead atoms. The number of carboxylic acid groups (broad SMARTS) is 1. The first-order chi connectivity index (χ1) is 12.7. The van der Waals surface area contributed by atoms with E-state index in [1.807, 2.05) is 0 Å². The van der Waals surface area contributed by atoms with Crippen molar-refractivity contribution in [2.75, 3.05) is 23.9 Å². The van der Waals surface area contributed by atoms with Gasteiger partial charge in [-0.05, 0) is 42.3 Å². The summed E-state index contributed by atoms with van der Waals surface area (Å²) in [6, 6.07) is 7.14. The van der Waals surface area contributed by atoms with Crippen molar-refractivity contribution < 1.29 is 32.6 Å². The Labute approximate surface area is 152 Å². The number of nitrogens with zero attached hydrogens (tertiary/aromatic N) is 1. The predicted octanol–water partition coefficient (Wildman–Crippen LogP) is 4.01. The molecule has 0 atom stereocenters. The Hall–Kier alpha value is -3.23. The minimum absolute atomic E-state index is 0.0151. The van der Waals surface area contributed by atoms with Gasteiger partial charge < -0.3 is 15.2 Å². The fourth-order valence-corrected chi connectivity index (χ4v) is 2.94. The molecule has 0 radical (unpaired) electrons. The number of rotatable bonds is 3. The second kappa shape index (κ2) is 6.82. The molecule has 0 saturated heterocycles. The molecule has 0 aromatic heterocycles. The lowest BCUT2D eigenvalue weighted by Crippen LogP contribution is -2.33. The molecule has 27 heavy (non-hydrogen) atoms. The standard InChI is InChI=1S/C18H15F3N2O4/c1-27-15-8-10-5-6-23(14(10)9-13(15)18(19,20)21)17(26)22-12-4-2-3-11(7-12)16(24)25/h2-4,7-9H,5-6H2,1H3,(H,22,26)(H,24,25). The van der Waals surface area contributed by atoms with E-state index in [2.05, 4.69) is 5.32 Å². The molecule has 2 aromatic rings. The number of amides is 2. The van der Waals surface area contributed by atoms with E-state index in [-0.39, 0.29) is 29.2 Å². The lowest BCUT2D eigenvalue weighted by molar-refractivity contribution is -0.138. The van der Waals surface area contributed by atoms with Crippen LogP contribution in [0.25, 0.3) is 0 Å². The molecule has 6 nitrogen and oxygen atoms in total. The van der Waals surface area contributed by atoms with Crippen LogP contribution in [0.2, 0.25) is 0 Å². The van der Waals surface area contributed by atoms with Crippen molar-refractivity contribution in [3.63, 3.8) is 0 Å². The topological polar surface area (TPSA) is 78.9 Å². The van der Waals surface area contributed by atoms with E-state index in [0.29, 0.717) is 12.0 Å². The number of aromatic carboxylic acids is 1. The van der Waals surface area contributed by atoms with E-state index in [9.17, 15) is 22.8 Å². The second-order valence-corrected chi connectivity index (χ2v) is 5.90. The Bertz CT molecular complexity index is 912. The fraction of sp³-hybridized carbons (Fsp3) is 0.222. The summed E-state index contributed by atoms with van der Waals surface area (Å²) < 4.78 is 44.6. The number of carboxylic acids is 1. The smallest absolute Gasteiger partial charge is 0.420 e. The summed E-state index contributed by atoms with van der Waals surface area (Å²) in [6.07, 6.45) is -4.24. The van der Waals surface area contributed by atoms with Gasteiger partial charge in [0, 0.05) is 17.9 Å². The van der Waals surface area contributed by atoms with Crippen LogP contribution in [0.1, 0.15) is 21.5 Å². The molecule has 2 amide bonds. The summed E-state index contributed by atoms with van der Waals surface area (Å²) >= 11 is 0. The van der Waals surface area contributed by atoms with Crippen LogP contribution in [0.3, 0.4) is 0 Å². The maximum Gasteiger partial charge on any atom is 0.420 e. The molecule has 1 aliphatic heterocycles. The number of carbonyl (C=O) groups is 2. The highest BCUT2D eigenvalue weighted by atomic mass is 19.4. The molecule has 142 valence electrons. The zero-order valence-corrected chi connectivity index (χ0v) is 14.1. The Morgan fingerprint density at radius 3 is 2.59 bits per heavy atom. The number of hydrogen-bond donors (Lipinski definition) is 2. The van der Waals surface area contributed by atoms with Gasteiger partial charge in [0.05, 0.1) is 18.2 Å². The number of anilines is 2. The van der Waals surface area contributed by atoms with Gasteiger partial charge in [-0.3, -0.25) is 4.90 Å². The fourth-order valence-electron chi connectivity index (χ4n) is 2.94. The molecule has 0 fully saturated rings. The maximum atomic E-state index is 13.2. The van der Waals surface area contributed by atoms with Crippen LogP contribution in [0.4, 0.5) is 29.3 Å². The van der Waals surface area contributed by atoms with Gasteiger partial charge in [-0.25, -0.2) is 9.59 Å². The quantitative estimate of drug-likeness (QED) is 0.844. The minimum Gasteiger partial charge on any atom is -0.496 e. The molecular weight excluding hydrogens is 365 g/mol. The zero-order valence-electron chi connectivity index (χ0n) is 14.1. The number of hydrogen-bond acceptors (Lipinski definition) is 3. The normalized spacial score (nSPS) is 13.3. The number of carbonyl (C=O) groups excluding carboxylic acids is 1. The van der Waals surface area contributed by atoms with E-state index < -0.39 is 23.7 Å². The van der Waals surface area contributed by atoms with E-state index in [0.717, 1.165) is 13.2 Å². The van der Waals surface area contributed by atoms with Gasteiger partial charge in [-0.1, -0.05) is 6.07 Å². The summed E-state index contributed by atoms with van der Waals surface area (Å²) in [5, 5.41) is 11.5. The monoisotopic (exact) mass is 380 g/mol. The number of alkyl halides is 3. The van der Waals surface area contributed by atoms with Crippen LogP contribution in [-0.4, -0.2) is 30.8 Å². The Morgan fingerprint density at radius 2 is 1.96 bits per heavy atom. The van der Waals surface area contributed by atoms with Crippen molar-refractivity contribution in [2.45, 2.75) is 12.6 Å². The molecule has 9 heteroatoms. The van der Waals surface area contributed by atoms with E-state index in [1.54, 1.807) is 0 Å². The molecule has 1 heterocycles. The Kier molecular flexibility index (Phi) is 4.69. The minimum atomic E-state index is -4.62. The molecule has 0 saturated carbocycles. The Balaban J connectivity index is 1.89. The zero-order chi connectivity index (χ0) is 19.8. The van der Waals surface area contributed by atoms with Crippen molar-refractivity contribution in [1.82, 2.24) is 0 Å². The third-order valence-electron chi connectivity index (χ3n) is 4.21. The number of halogens is 3. The number of fused-ring (bicyclic) bond motifs is 1. The van der Waals surface area contributed by atoms with Gasteiger partial charge in [0.1, 0.15) is 5.75 Å². The summed E-state index contributed by atoms with van der Waals surface area (Å²) in [6.45, 7) is 0.199. The van der Waals surface area contributed by atoms with Crippen LogP contribution in [0, 0.1) is 0 Å². The summed E-state index contributed by atoms with van der Waals surface area (Å²) in [4.78, 5) is 24.7. The van der Waals surface area contributed by atoms with Gasteiger partial charge >= 0.3 is 18.2 Å². The van der Waals surface area contributed by atoms with Crippen molar-refractivity contribution in [1.29, 1.82) is 0 Å². The highest BCUT2D eigenvalue weighted by Gasteiger charge is 2.37. The molecule has 3 rings (SSSR count). The van der Waals surface area contributed by atoms with Gasteiger partial charge in [-0.15, -0.1) is 0 Å². The third kappa shape index (κ3) is 3.67. The van der Waals surface area contributed by atoms with Crippen LogP contribution in [-0.2, 0) is 12.6 Å². The summed E-state index contributed by atoms with van der Waals surface area (Å²) in [5.41, 5.74) is -0.0303. The van der Waals surface area contributed by atoms with Crippen molar-refractivity contribution >= 4 is 23.4 Å². The molecule has 0 aliphatic carbocycles. The highest BCUT2D eigenvalue weighted by molar-refractivity contribution is 6.03. The van der Waals surface area contributed by atoms with Gasteiger partial charge in [0.2, 0.25) is 0 Å². The van der Waals surface area contributed by atoms with Gasteiger partial charge in [-0.2, -0.15) is 13.2 Å². The molecule has 2 aromatic carbocycles. The van der Waals surface area contributed by atoms with Crippen LogP contribution in [0.15, 0.2) is 36.4 Å². The predicted molar refractivity (Wildman–Crippen MR) is 91.5 cm³/mol. The number of nitrogens with one attached hydrogen (secondary N) is 1. The van der Waals surface area contributed by atoms with Crippen LogP contribution in [0.5, 0.6) is 5.75 Å². The van der Waals surface area contributed by atoms with Crippen molar-refractivity contribution in [3.05, 3.63) is 53.1 Å². The first-order valence-electron chi connectivity index (χ1n) is 7.90. The van der Waals surface area contributed by atoms with E-state index in [4.69, 9.17) is 9.84 Å². The molecule has 0 unspecified atom stereocenters. The molecule has 0 spiro atoms. The van der Waals surface area contributed by atoms with Crippen molar-refractivity contribution in [3.8, 4) is 5.75 Å². The third-order valence-corrected chi connectivity index (χ3v) is 4.21. The SMILES string of the molecule is COc1cc2c(cc1C(F)(F)F)N(C(=O)Nc1cccc(C(=O)O)c1)CC2. The lowest BCUT2D eigenvalue weighted by atomic mass is 10.1. The number of benzene rings is 2. The number of ether oxygens (including phenoxy) is 1. The first kappa shape index (κ1) is 18.6. The largest absolute Gasteiger partial charge is 0.496 e. The maximum absolute atomic E-state index is 13.2. The van der Waals surface area contributed by atoms with Crippen LogP contribution >= 0.6 is 0 Å². The summed E-state index contributed by atoms with van der Waals surface area (Å²) in [5.74, 6) is -1.45.